The first kappa shape index (κ1) is 6.42. The molecule has 0 aliphatic heterocycles. The van der Waals surface area contributed by atoms with Crippen molar-refractivity contribution in [1.82, 2.24) is 19.9 Å². The first-order valence-corrected chi connectivity index (χ1v) is 3.32. The highest BCUT2D eigenvalue weighted by atomic mass is 35.5. The summed E-state index contributed by atoms with van der Waals surface area (Å²) in [6.07, 6.45) is 4.45. The van der Waals surface area contributed by atoms with Crippen molar-refractivity contribution in [2.45, 2.75) is 0 Å². The third-order valence-electron chi connectivity index (χ3n) is 1.19. The normalized spacial score (nSPS) is 10.3. The Kier molecular flexibility index (Phi) is 1.40. The van der Waals surface area contributed by atoms with Crippen molar-refractivity contribution in [3.63, 3.8) is 0 Å². The van der Waals surface area contributed by atoms with Crippen LogP contribution in [0, 0.1) is 0 Å². The van der Waals surface area contributed by atoms with E-state index in [1.54, 1.807) is 6.20 Å². The number of halogens is 1. The molecular weight excluding hydrogens is 164 g/mol. The number of nitrogens with zero attached hydrogens (tertiary/aromatic N) is 4. The topological polar surface area (TPSA) is 51.6 Å². The molecule has 0 saturated carbocycles. The van der Waals surface area contributed by atoms with Crippen LogP contribution in [-0.4, -0.2) is 19.9 Å². The molecule has 0 radical (unpaired) electrons. The van der Waals surface area contributed by atoms with Crippen LogP contribution in [0.4, 0.5) is 0 Å². The lowest BCUT2D eigenvalue weighted by molar-refractivity contribution is 1.15. The fourth-order valence-electron chi connectivity index (χ4n) is 0.753. The van der Waals surface area contributed by atoms with Gasteiger partial charge in [-0.15, -0.1) is 0 Å². The fourth-order valence-corrected chi connectivity index (χ4v) is 0.892. The van der Waals surface area contributed by atoms with Gasteiger partial charge in [0.1, 0.15) is 17.0 Å². The molecule has 0 saturated heterocycles. The molecular formula is C6H3ClN4. The summed E-state index contributed by atoms with van der Waals surface area (Å²) in [4.78, 5) is 15.5. The number of hydrogen-bond acceptors (Lipinski definition) is 4. The predicted octanol–water partition coefficient (Wildman–Crippen LogP) is 1.07. The monoisotopic (exact) mass is 166 g/mol. The lowest BCUT2D eigenvalue weighted by atomic mass is 10.5. The van der Waals surface area contributed by atoms with Gasteiger partial charge in [-0.3, -0.25) is 0 Å². The molecule has 5 heteroatoms. The minimum absolute atomic E-state index is 0.354. The van der Waals surface area contributed by atoms with Gasteiger partial charge in [-0.25, -0.2) is 19.9 Å². The molecule has 0 amide bonds. The Morgan fingerprint density at radius 2 is 2.09 bits per heavy atom. The number of fused-ring (bicyclic) bond motifs is 1. The molecule has 2 heterocycles. The summed E-state index contributed by atoms with van der Waals surface area (Å²) in [6, 6.07) is 0. The molecule has 0 fully saturated rings. The van der Waals surface area contributed by atoms with Crippen molar-refractivity contribution < 1.29 is 0 Å². The third kappa shape index (κ3) is 1.12. The van der Waals surface area contributed by atoms with E-state index in [1.807, 2.05) is 0 Å². The zero-order valence-electron chi connectivity index (χ0n) is 5.40. The first-order chi connectivity index (χ1) is 5.36. The van der Waals surface area contributed by atoms with E-state index in [0.29, 0.717) is 16.3 Å². The van der Waals surface area contributed by atoms with Crippen molar-refractivity contribution in [2.75, 3.05) is 0 Å². The van der Waals surface area contributed by atoms with Crippen LogP contribution in [0.2, 0.25) is 5.15 Å². The Balaban J connectivity index is 2.83. The summed E-state index contributed by atoms with van der Waals surface area (Å²) in [5.41, 5.74) is 1.17. The van der Waals surface area contributed by atoms with E-state index in [4.69, 9.17) is 11.6 Å². The molecule has 2 aromatic heterocycles. The van der Waals surface area contributed by atoms with Crippen LogP contribution in [-0.2, 0) is 0 Å². The van der Waals surface area contributed by atoms with Gasteiger partial charge in [0.15, 0.2) is 5.65 Å². The molecule has 2 aromatic rings. The molecule has 0 aliphatic rings. The van der Waals surface area contributed by atoms with Crippen molar-refractivity contribution in [2.24, 2.45) is 0 Å². The fraction of sp³-hybridized carbons (Fsp3) is 0. The maximum Gasteiger partial charge on any atom is 0.181 e. The zero-order valence-corrected chi connectivity index (χ0v) is 6.15. The van der Waals surface area contributed by atoms with Crippen LogP contribution in [0.3, 0.4) is 0 Å². The molecule has 0 unspecified atom stereocenters. The Bertz CT molecular complexity index is 389. The van der Waals surface area contributed by atoms with Gasteiger partial charge >= 0.3 is 0 Å². The second-order valence-electron chi connectivity index (χ2n) is 1.92. The zero-order chi connectivity index (χ0) is 7.68. The molecule has 0 bridgehead atoms. The van der Waals surface area contributed by atoms with Crippen LogP contribution in [0.25, 0.3) is 11.2 Å². The van der Waals surface area contributed by atoms with Crippen molar-refractivity contribution in [3.8, 4) is 0 Å². The van der Waals surface area contributed by atoms with E-state index in [-0.39, 0.29) is 0 Å². The van der Waals surface area contributed by atoms with E-state index in [0.717, 1.165) is 0 Å². The summed E-state index contributed by atoms with van der Waals surface area (Å²) in [5.74, 6) is 0. The highest BCUT2D eigenvalue weighted by Crippen LogP contribution is 2.07. The van der Waals surface area contributed by atoms with Crippen molar-refractivity contribution in [3.05, 3.63) is 23.9 Å². The highest BCUT2D eigenvalue weighted by molar-refractivity contribution is 6.29. The van der Waals surface area contributed by atoms with E-state index < -0.39 is 0 Å². The van der Waals surface area contributed by atoms with Crippen LogP contribution in [0.1, 0.15) is 0 Å². The first-order valence-electron chi connectivity index (χ1n) is 2.94. The Labute approximate surface area is 67.3 Å². The van der Waals surface area contributed by atoms with Gasteiger partial charge in [0.25, 0.3) is 0 Å². The van der Waals surface area contributed by atoms with Gasteiger partial charge in [-0.05, 0) is 0 Å². The summed E-state index contributed by atoms with van der Waals surface area (Å²) in [5, 5.41) is 0.354. The van der Waals surface area contributed by atoms with Crippen molar-refractivity contribution in [1.29, 1.82) is 0 Å². The van der Waals surface area contributed by atoms with Gasteiger partial charge in [0, 0.05) is 0 Å². The minimum Gasteiger partial charge on any atom is -0.242 e. The molecule has 0 N–H and O–H groups in total. The molecule has 11 heavy (non-hydrogen) atoms. The van der Waals surface area contributed by atoms with E-state index in [9.17, 15) is 0 Å². The molecule has 0 aromatic carbocycles. The van der Waals surface area contributed by atoms with E-state index in [1.165, 1.54) is 12.5 Å². The van der Waals surface area contributed by atoms with Crippen LogP contribution in [0.5, 0.6) is 0 Å². The lowest BCUT2D eigenvalue weighted by Crippen LogP contribution is -1.87. The Hall–Kier alpha value is -1.29. The molecule has 0 aliphatic carbocycles. The Morgan fingerprint density at radius 3 is 3.00 bits per heavy atom. The summed E-state index contributed by atoms with van der Waals surface area (Å²) < 4.78 is 0. The van der Waals surface area contributed by atoms with Crippen LogP contribution >= 0.6 is 11.6 Å². The lowest BCUT2D eigenvalue weighted by Gasteiger charge is -1.92. The van der Waals surface area contributed by atoms with E-state index in [2.05, 4.69) is 19.9 Å². The number of rotatable bonds is 0. The molecule has 0 spiro atoms. The summed E-state index contributed by atoms with van der Waals surface area (Å²) in [6.45, 7) is 0. The van der Waals surface area contributed by atoms with Gasteiger partial charge in [0.2, 0.25) is 0 Å². The molecule has 4 nitrogen and oxygen atoms in total. The molecule has 54 valence electrons. The largest absolute Gasteiger partial charge is 0.242 e. The third-order valence-corrected chi connectivity index (χ3v) is 1.38. The van der Waals surface area contributed by atoms with Gasteiger partial charge < -0.3 is 0 Å². The predicted molar refractivity (Wildman–Crippen MR) is 40.1 cm³/mol. The van der Waals surface area contributed by atoms with Crippen LogP contribution < -0.4 is 0 Å². The SMILES string of the molecule is Clc1cnc2ncncc2n1. The molecule has 2 rings (SSSR count). The number of aromatic nitrogens is 4. The summed E-state index contributed by atoms with van der Waals surface area (Å²) in [7, 11) is 0. The summed E-state index contributed by atoms with van der Waals surface area (Å²) >= 11 is 5.59. The smallest absolute Gasteiger partial charge is 0.181 e. The van der Waals surface area contributed by atoms with Gasteiger partial charge in [0.05, 0.1) is 12.4 Å². The standard InChI is InChI=1S/C6H3ClN4/c7-5-2-9-6-4(11-5)1-8-3-10-6/h1-3H. The van der Waals surface area contributed by atoms with Crippen LogP contribution in [0.15, 0.2) is 18.7 Å². The van der Waals surface area contributed by atoms with Crippen molar-refractivity contribution >= 4 is 22.8 Å². The maximum absolute atomic E-state index is 5.59. The number of hydrogen-bond donors (Lipinski definition) is 0. The maximum atomic E-state index is 5.59. The van der Waals surface area contributed by atoms with Gasteiger partial charge in [-0.2, -0.15) is 0 Å². The highest BCUT2D eigenvalue weighted by Gasteiger charge is 1.96. The average Bonchev–Trinajstić information content (AvgIpc) is 2.04. The second-order valence-corrected chi connectivity index (χ2v) is 2.31. The quantitative estimate of drug-likeness (QED) is 0.588. The van der Waals surface area contributed by atoms with E-state index >= 15 is 0 Å². The average molecular weight is 167 g/mol. The Morgan fingerprint density at radius 1 is 1.18 bits per heavy atom. The molecule has 0 atom stereocenters. The second kappa shape index (κ2) is 2.39. The van der Waals surface area contributed by atoms with Gasteiger partial charge in [-0.1, -0.05) is 11.6 Å². The minimum atomic E-state index is 0.354.